The van der Waals surface area contributed by atoms with Crippen LogP contribution in [0.5, 0.6) is 0 Å². The Morgan fingerprint density at radius 3 is 2.04 bits per heavy atom. The first-order valence-corrected chi connectivity index (χ1v) is 10.9. The van der Waals surface area contributed by atoms with Crippen LogP contribution in [-0.4, -0.2) is 23.3 Å². The second-order valence-corrected chi connectivity index (χ2v) is 9.07. The summed E-state index contributed by atoms with van der Waals surface area (Å²) in [5, 5.41) is 10.8. The van der Waals surface area contributed by atoms with Gasteiger partial charge in [-0.05, 0) is 42.9 Å². The average Bonchev–Trinajstić information content (AvgIpc) is 2.58. The SMILES string of the molecule is CCCC(C)CC(OC(C)=O)C(C)(CC)C(C)(CC)CC(O)C(C)CC. The molecule has 3 nitrogen and oxygen atoms in total. The average molecular weight is 371 g/mol. The lowest BCUT2D eigenvalue weighted by Gasteiger charge is -2.51. The highest BCUT2D eigenvalue weighted by Crippen LogP contribution is 2.53. The van der Waals surface area contributed by atoms with Gasteiger partial charge in [0.2, 0.25) is 0 Å². The predicted octanol–water partition coefficient (Wildman–Crippen LogP) is 6.37. The minimum absolute atomic E-state index is 0.0867. The quantitative estimate of drug-likeness (QED) is 0.383. The fraction of sp³-hybridized carbons (Fsp3) is 0.957. The van der Waals surface area contributed by atoms with Crippen molar-refractivity contribution in [3.8, 4) is 0 Å². The molecule has 6 unspecified atom stereocenters. The summed E-state index contributed by atoms with van der Waals surface area (Å²) in [7, 11) is 0. The number of carbonyl (C=O) groups is 1. The van der Waals surface area contributed by atoms with Crippen LogP contribution >= 0.6 is 0 Å². The Morgan fingerprint density at radius 2 is 1.65 bits per heavy atom. The zero-order valence-corrected chi connectivity index (χ0v) is 19.0. The molecule has 0 bridgehead atoms. The molecule has 0 saturated carbocycles. The van der Waals surface area contributed by atoms with Crippen LogP contribution in [0.1, 0.15) is 107 Å². The van der Waals surface area contributed by atoms with Gasteiger partial charge >= 0.3 is 5.97 Å². The molecule has 0 amide bonds. The molecule has 6 atom stereocenters. The first kappa shape index (κ1) is 25.4. The molecule has 3 heteroatoms. The molecule has 0 aromatic carbocycles. The van der Waals surface area contributed by atoms with Gasteiger partial charge in [-0.25, -0.2) is 0 Å². The van der Waals surface area contributed by atoms with Crippen molar-refractivity contribution < 1.29 is 14.6 Å². The fourth-order valence-corrected chi connectivity index (χ4v) is 4.37. The number of hydrogen-bond acceptors (Lipinski definition) is 3. The van der Waals surface area contributed by atoms with Crippen LogP contribution < -0.4 is 0 Å². The highest BCUT2D eigenvalue weighted by molar-refractivity contribution is 5.66. The second-order valence-electron chi connectivity index (χ2n) is 9.07. The van der Waals surface area contributed by atoms with Crippen molar-refractivity contribution in [3.05, 3.63) is 0 Å². The summed E-state index contributed by atoms with van der Waals surface area (Å²) in [6, 6.07) is 0. The van der Waals surface area contributed by atoms with Crippen LogP contribution in [0.15, 0.2) is 0 Å². The smallest absolute Gasteiger partial charge is 0.302 e. The highest BCUT2D eigenvalue weighted by atomic mass is 16.5. The summed E-state index contributed by atoms with van der Waals surface area (Å²) in [5.74, 6) is 0.614. The van der Waals surface area contributed by atoms with Crippen LogP contribution in [-0.2, 0) is 9.53 Å². The number of esters is 1. The summed E-state index contributed by atoms with van der Waals surface area (Å²) in [6.45, 7) is 19.2. The molecule has 0 aromatic rings. The summed E-state index contributed by atoms with van der Waals surface area (Å²) in [6.07, 6.45) is 6.39. The summed E-state index contributed by atoms with van der Waals surface area (Å²) >= 11 is 0. The molecule has 156 valence electrons. The summed E-state index contributed by atoms with van der Waals surface area (Å²) in [4.78, 5) is 11.9. The minimum Gasteiger partial charge on any atom is -0.462 e. The van der Waals surface area contributed by atoms with E-state index in [1.165, 1.54) is 6.92 Å². The van der Waals surface area contributed by atoms with Gasteiger partial charge in [0.15, 0.2) is 0 Å². The van der Waals surface area contributed by atoms with Crippen LogP contribution in [0.3, 0.4) is 0 Å². The molecule has 0 radical (unpaired) electrons. The van der Waals surface area contributed by atoms with Crippen LogP contribution in [0.25, 0.3) is 0 Å². The molecule has 0 aliphatic rings. The Hall–Kier alpha value is -0.570. The van der Waals surface area contributed by atoms with E-state index in [4.69, 9.17) is 4.74 Å². The predicted molar refractivity (Wildman–Crippen MR) is 111 cm³/mol. The van der Waals surface area contributed by atoms with E-state index in [0.717, 1.165) is 44.9 Å². The molecule has 1 N–H and O–H groups in total. The van der Waals surface area contributed by atoms with E-state index in [2.05, 4.69) is 55.4 Å². The number of rotatable bonds is 13. The van der Waals surface area contributed by atoms with Crippen molar-refractivity contribution in [2.24, 2.45) is 22.7 Å². The Morgan fingerprint density at radius 1 is 1.08 bits per heavy atom. The van der Waals surface area contributed by atoms with E-state index < -0.39 is 0 Å². The van der Waals surface area contributed by atoms with E-state index in [0.29, 0.717) is 5.92 Å². The lowest BCUT2D eigenvalue weighted by Crippen LogP contribution is -2.50. The molecular weight excluding hydrogens is 324 g/mol. The van der Waals surface area contributed by atoms with Gasteiger partial charge in [0, 0.05) is 12.3 Å². The molecular formula is C23H46O3. The van der Waals surface area contributed by atoms with Gasteiger partial charge in [0.1, 0.15) is 6.10 Å². The van der Waals surface area contributed by atoms with Gasteiger partial charge in [0.25, 0.3) is 0 Å². The third kappa shape index (κ3) is 6.55. The van der Waals surface area contributed by atoms with Crippen LogP contribution in [0.2, 0.25) is 0 Å². The van der Waals surface area contributed by atoms with Crippen LogP contribution in [0, 0.1) is 22.7 Å². The van der Waals surface area contributed by atoms with Crippen molar-refractivity contribution in [2.75, 3.05) is 0 Å². The lowest BCUT2D eigenvalue weighted by molar-refractivity contribution is -0.166. The summed E-state index contributed by atoms with van der Waals surface area (Å²) < 4.78 is 5.92. The molecule has 0 aliphatic heterocycles. The number of aliphatic hydroxyl groups excluding tert-OH is 1. The topological polar surface area (TPSA) is 46.5 Å². The van der Waals surface area contributed by atoms with E-state index in [1.54, 1.807) is 0 Å². The Labute approximate surface area is 163 Å². The van der Waals surface area contributed by atoms with Crippen LogP contribution in [0.4, 0.5) is 0 Å². The first-order chi connectivity index (χ1) is 12.0. The standard InChI is InChI=1S/C23H46O3/c1-10-14-17(5)15-21(26-19(7)24)23(9,13-4)22(8,12-3)16-20(25)18(6)11-2/h17-18,20-21,25H,10-16H2,1-9H3. The molecule has 0 saturated heterocycles. The number of carbonyl (C=O) groups excluding carboxylic acids is 1. The number of ether oxygens (including phenoxy) is 1. The van der Waals surface area contributed by atoms with Gasteiger partial charge in [-0.15, -0.1) is 0 Å². The second kappa shape index (κ2) is 11.3. The van der Waals surface area contributed by atoms with Crippen molar-refractivity contribution >= 4 is 5.97 Å². The van der Waals surface area contributed by atoms with E-state index in [-0.39, 0.29) is 34.9 Å². The van der Waals surface area contributed by atoms with Crippen molar-refractivity contribution in [3.63, 3.8) is 0 Å². The Kier molecular flexibility index (Phi) is 11.1. The highest BCUT2D eigenvalue weighted by Gasteiger charge is 2.50. The first-order valence-electron chi connectivity index (χ1n) is 10.9. The van der Waals surface area contributed by atoms with Gasteiger partial charge in [-0.1, -0.05) is 74.7 Å². The van der Waals surface area contributed by atoms with Crippen molar-refractivity contribution in [1.82, 2.24) is 0 Å². The van der Waals surface area contributed by atoms with E-state index in [9.17, 15) is 9.90 Å². The van der Waals surface area contributed by atoms with E-state index in [1.807, 2.05) is 0 Å². The van der Waals surface area contributed by atoms with Gasteiger partial charge < -0.3 is 9.84 Å². The monoisotopic (exact) mass is 370 g/mol. The van der Waals surface area contributed by atoms with Crippen molar-refractivity contribution in [1.29, 1.82) is 0 Å². The van der Waals surface area contributed by atoms with E-state index >= 15 is 0 Å². The van der Waals surface area contributed by atoms with Crippen molar-refractivity contribution in [2.45, 2.75) is 119 Å². The number of hydrogen-bond donors (Lipinski definition) is 1. The molecule has 26 heavy (non-hydrogen) atoms. The zero-order valence-electron chi connectivity index (χ0n) is 19.0. The van der Waals surface area contributed by atoms with Gasteiger partial charge in [-0.2, -0.15) is 0 Å². The third-order valence-electron chi connectivity index (χ3n) is 7.27. The summed E-state index contributed by atoms with van der Waals surface area (Å²) in [5.41, 5.74) is -0.249. The maximum atomic E-state index is 11.9. The molecule has 0 heterocycles. The molecule has 0 rings (SSSR count). The fourth-order valence-electron chi connectivity index (χ4n) is 4.37. The molecule has 0 aliphatic carbocycles. The Bertz CT molecular complexity index is 408. The maximum Gasteiger partial charge on any atom is 0.302 e. The number of aliphatic hydroxyl groups is 1. The maximum absolute atomic E-state index is 11.9. The Balaban J connectivity index is 5.77. The lowest BCUT2D eigenvalue weighted by atomic mass is 9.56. The molecule has 0 fully saturated rings. The van der Waals surface area contributed by atoms with Gasteiger partial charge in [-0.3, -0.25) is 4.79 Å². The molecule has 0 aromatic heterocycles. The van der Waals surface area contributed by atoms with Gasteiger partial charge in [0.05, 0.1) is 6.10 Å². The normalized spacial score (nSPS) is 21.2. The minimum atomic E-state index is -0.318. The molecule has 0 spiro atoms. The largest absolute Gasteiger partial charge is 0.462 e. The zero-order chi connectivity index (χ0) is 20.5. The third-order valence-corrected chi connectivity index (χ3v) is 7.27.